The van der Waals surface area contributed by atoms with E-state index in [-0.39, 0.29) is 11.6 Å². The number of aromatic nitrogens is 6. The first-order valence-corrected chi connectivity index (χ1v) is 8.86. The number of nitrogens with two attached hydrogens (primary N) is 1. The molecule has 2 amide bonds. The zero-order valence-corrected chi connectivity index (χ0v) is 16.1. The third-order valence-corrected chi connectivity index (χ3v) is 4.10. The number of nitrogens with zero attached hydrogens (tertiary/aromatic N) is 6. The number of amides is 2. The second-order valence-electron chi connectivity index (χ2n) is 6.12. The van der Waals surface area contributed by atoms with Crippen LogP contribution in [0.4, 0.5) is 5.69 Å². The van der Waals surface area contributed by atoms with Crippen LogP contribution in [-0.2, 0) is 0 Å². The Morgan fingerprint density at radius 2 is 1.87 bits per heavy atom. The number of methoxy groups -OCH3 is 1. The van der Waals surface area contributed by atoms with Crippen molar-refractivity contribution in [3.8, 4) is 17.7 Å². The van der Waals surface area contributed by atoms with Gasteiger partial charge in [-0.15, -0.1) is 20.4 Å². The molecule has 11 nitrogen and oxygen atoms in total. The molecule has 31 heavy (non-hydrogen) atoms. The minimum atomic E-state index is -0.558. The summed E-state index contributed by atoms with van der Waals surface area (Å²) < 4.78 is 6.66. The summed E-state index contributed by atoms with van der Waals surface area (Å²) in [6.45, 7) is 0. The number of hydrogen-bond acceptors (Lipinski definition) is 8. The molecule has 0 aliphatic rings. The zero-order chi connectivity index (χ0) is 21.8. The summed E-state index contributed by atoms with van der Waals surface area (Å²) in [5, 5.41) is 22.5. The van der Waals surface area contributed by atoms with E-state index in [1.807, 2.05) is 0 Å². The number of nitrogens with one attached hydrogen (secondary N) is 1. The van der Waals surface area contributed by atoms with Crippen molar-refractivity contribution in [2.24, 2.45) is 5.73 Å². The van der Waals surface area contributed by atoms with Crippen LogP contribution >= 0.6 is 0 Å². The number of benzene rings is 1. The van der Waals surface area contributed by atoms with Crippen molar-refractivity contribution in [1.29, 1.82) is 0 Å². The lowest BCUT2D eigenvalue weighted by atomic mass is 10.2. The molecule has 152 valence electrons. The lowest BCUT2D eigenvalue weighted by molar-refractivity contribution is 0.0997. The number of fused-ring (bicyclic) bond motifs is 1. The average molecular weight is 414 g/mol. The van der Waals surface area contributed by atoms with Gasteiger partial charge in [0.05, 0.1) is 12.7 Å². The molecule has 0 atom stereocenters. The van der Waals surface area contributed by atoms with Gasteiger partial charge in [0.25, 0.3) is 5.91 Å². The van der Waals surface area contributed by atoms with Crippen molar-refractivity contribution in [3.05, 3.63) is 71.3 Å². The van der Waals surface area contributed by atoms with Gasteiger partial charge in [0, 0.05) is 17.4 Å². The van der Waals surface area contributed by atoms with Gasteiger partial charge in [0.2, 0.25) is 17.6 Å². The van der Waals surface area contributed by atoms with Crippen molar-refractivity contribution in [3.63, 3.8) is 0 Å². The van der Waals surface area contributed by atoms with Crippen LogP contribution in [0.15, 0.2) is 48.7 Å². The molecule has 0 saturated carbocycles. The van der Waals surface area contributed by atoms with Crippen LogP contribution in [-0.4, -0.2) is 48.9 Å². The van der Waals surface area contributed by atoms with Gasteiger partial charge in [-0.3, -0.25) is 9.59 Å². The molecule has 4 rings (SSSR count). The van der Waals surface area contributed by atoms with Crippen LogP contribution in [0.2, 0.25) is 0 Å². The maximum atomic E-state index is 12.6. The van der Waals surface area contributed by atoms with E-state index in [1.165, 1.54) is 29.8 Å². The van der Waals surface area contributed by atoms with E-state index >= 15 is 0 Å². The van der Waals surface area contributed by atoms with Crippen LogP contribution in [0, 0.1) is 11.8 Å². The highest BCUT2D eigenvalue weighted by molar-refractivity contribution is 6.03. The van der Waals surface area contributed by atoms with Gasteiger partial charge in [0.1, 0.15) is 0 Å². The summed E-state index contributed by atoms with van der Waals surface area (Å²) in [6.07, 6.45) is 1.59. The Balaban J connectivity index is 1.60. The van der Waals surface area contributed by atoms with Gasteiger partial charge < -0.3 is 15.8 Å². The Kier molecular flexibility index (Phi) is 5.18. The lowest BCUT2D eigenvalue weighted by Gasteiger charge is -2.06. The predicted molar refractivity (Wildman–Crippen MR) is 108 cm³/mol. The first-order chi connectivity index (χ1) is 15.0. The number of ether oxygens (including phenoxy) is 1. The number of carbonyl (C=O) groups excluding carboxylic acids is 2. The third kappa shape index (κ3) is 4.13. The van der Waals surface area contributed by atoms with Gasteiger partial charge >= 0.3 is 0 Å². The van der Waals surface area contributed by atoms with Crippen LogP contribution in [0.1, 0.15) is 32.2 Å². The summed E-state index contributed by atoms with van der Waals surface area (Å²) in [7, 11) is 1.42. The molecule has 0 radical (unpaired) electrons. The maximum absolute atomic E-state index is 12.6. The van der Waals surface area contributed by atoms with Crippen molar-refractivity contribution < 1.29 is 14.3 Å². The lowest BCUT2D eigenvalue weighted by Crippen LogP contribution is -2.15. The Bertz CT molecular complexity index is 1350. The molecule has 0 aliphatic carbocycles. The molecule has 0 unspecified atom stereocenters. The van der Waals surface area contributed by atoms with Crippen LogP contribution in [0.5, 0.6) is 5.88 Å². The van der Waals surface area contributed by atoms with Crippen molar-refractivity contribution >= 4 is 23.1 Å². The molecule has 0 aliphatic heterocycles. The zero-order valence-electron chi connectivity index (χ0n) is 16.1. The third-order valence-electron chi connectivity index (χ3n) is 4.10. The highest BCUT2D eigenvalue weighted by Crippen LogP contribution is 2.15. The molecule has 1 aromatic carbocycles. The minimum Gasteiger partial charge on any atom is -0.479 e. The molecule has 0 fully saturated rings. The fraction of sp³-hybridized carbons (Fsp3) is 0.0500. The normalized spacial score (nSPS) is 10.2. The second-order valence-corrected chi connectivity index (χ2v) is 6.12. The summed E-state index contributed by atoms with van der Waals surface area (Å²) in [5.74, 6) is 5.10. The van der Waals surface area contributed by atoms with Crippen molar-refractivity contribution in [2.45, 2.75) is 0 Å². The molecule has 11 heteroatoms. The highest BCUT2D eigenvalue weighted by atomic mass is 16.5. The van der Waals surface area contributed by atoms with Gasteiger partial charge in [-0.05, 0) is 48.4 Å². The summed E-state index contributed by atoms with van der Waals surface area (Å²) in [5.41, 5.74) is 6.90. The fourth-order valence-corrected chi connectivity index (χ4v) is 2.59. The molecule has 3 N–H and O–H groups in total. The fourth-order valence-electron chi connectivity index (χ4n) is 2.59. The first-order valence-electron chi connectivity index (χ1n) is 8.86. The Hall–Kier alpha value is -4.85. The molecule has 0 bridgehead atoms. The minimum absolute atomic E-state index is 0.0216. The standard InChI is InChI=1S/C20H14N8O3/c1-31-20-13(6-9-17-26-25-16-3-2-10-22-28(16)17)11-15(24-27-20)19(30)23-14-7-4-12(5-8-14)18(21)29/h2-5,7-8,10-11H,1H3,(H2,21,29)(H,23,30). The first kappa shape index (κ1) is 19.5. The summed E-state index contributed by atoms with van der Waals surface area (Å²) >= 11 is 0. The van der Waals surface area contributed by atoms with Crippen molar-refractivity contribution in [1.82, 2.24) is 30.0 Å². The monoisotopic (exact) mass is 414 g/mol. The average Bonchev–Trinajstić information content (AvgIpc) is 3.21. The second kappa shape index (κ2) is 8.26. The molecule has 3 heterocycles. The quantitative estimate of drug-likeness (QED) is 0.463. The number of rotatable bonds is 4. The van der Waals surface area contributed by atoms with E-state index in [9.17, 15) is 9.59 Å². The maximum Gasteiger partial charge on any atom is 0.276 e. The number of anilines is 1. The van der Waals surface area contributed by atoms with Gasteiger partial charge in [-0.2, -0.15) is 9.61 Å². The molecular formula is C20H14N8O3. The van der Waals surface area contributed by atoms with E-state index in [0.717, 1.165) is 0 Å². The van der Waals surface area contributed by atoms with Crippen LogP contribution in [0.3, 0.4) is 0 Å². The van der Waals surface area contributed by atoms with Crippen LogP contribution < -0.4 is 15.8 Å². The highest BCUT2D eigenvalue weighted by Gasteiger charge is 2.13. The van der Waals surface area contributed by atoms with Gasteiger partial charge in [-0.25, -0.2) is 0 Å². The smallest absolute Gasteiger partial charge is 0.276 e. The van der Waals surface area contributed by atoms with E-state index in [0.29, 0.717) is 28.3 Å². The number of hydrogen-bond donors (Lipinski definition) is 2. The Morgan fingerprint density at radius 3 is 2.61 bits per heavy atom. The summed E-state index contributed by atoms with van der Waals surface area (Å²) in [6, 6.07) is 11.1. The van der Waals surface area contributed by atoms with E-state index in [2.05, 4.69) is 42.7 Å². The number of primary amides is 1. The largest absolute Gasteiger partial charge is 0.479 e. The van der Waals surface area contributed by atoms with Crippen molar-refractivity contribution in [2.75, 3.05) is 12.4 Å². The summed E-state index contributed by atoms with van der Waals surface area (Å²) in [4.78, 5) is 23.7. The molecule has 3 aromatic heterocycles. The van der Waals surface area contributed by atoms with Gasteiger partial charge in [0.15, 0.2) is 11.3 Å². The van der Waals surface area contributed by atoms with E-state index in [4.69, 9.17) is 10.5 Å². The van der Waals surface area contributed by atoms with Crippen LogP contribution in [0.25, 0.3) is 5.65 Å². The Morgan fingerprint density at radius 1 is 1.06 bits per heavy atom. The molecule has 4 aromatic rings. The SMILES string of the molecule is COc1nnc(C(=O)Nc2ccc(C(N)=O)cc2)cc1C#Cc1nnc2cccnn12. The number of carbonyl (C=O) groups is 2. The molecular weight excluding hydrogens is 400 g/mol. The Labute approximate surface area is 175 Å². The van der Waals surface area contributed by atoms with Gasteiger partial charge in [-0.1, -0.05) is 5.92 Å². The topological polar surface area (TPSA) is 150 Å². The molecule has 0 spiro atoms. The predicted octanol–water partition coefficient (Wildman–Crippen LogP) is 0.674. The van der Waals surface area contributed by atoms with E-state index in [1.54, 1.807) is 30.5 Å². The molecule has 0 saturated heterocycles. The van der Waals surface area contributed by atoms with E-state index < -0.39 is 11.8 Å².